The minimum atomic E-state index is -0.0640. The van der Waals surface area contributed by atoms with Crippen molar-refractivity contribution in [3.8, 4) is 5.88 Å². The van der Waals surface area contributed by atoms with Crippen molar-refractivity contribution in [3.05, 3.63) is 36.0 Å². The molecule has 0 aliphatic carbocycles. The number of methoxy groups -OCH3 is 1. The van der Waals surface area contributed by atoms with Gasteiger partial charge < -0.3 is 14.6 Å². The Morgan fingerprint density at radius 1 is 1.28 bits per heavy atom. The molecule has 0 spiro atoms. The number of aliphatic hydroxyl groups excluding tert-OH is 1. The number of nitrogens with zero attached hydrogens (tertiary/aromatic N) is 1. The van der Waals surface area contributed by atoms with Gasteiger partial charge in [-0.05, 0) is 18.4 Å². The Morgan fingerprint density at radius 3 is 2.67 bits per heavy atom. The molecule has 0 saturated heterocycles. The quantitative estimate of drug-likeness (QED) is 0.879. The van der Waals surface area contributed by atoms with Crippen molar-refractivity contribution in [1.82, 2.24) is 4.98 Å². The molecule has 0 fully saturated rings. The molecule has 4 heteroatoms. The van der Waals surface area contributed by atoms with Crippen LogP contribution < -0.4 is 4.74 Å². The zero-order valence-corrected chi connectivity index (χ0v) is 10.6. The summed E-state index contributed by atoms with van der Waals surface area (Å²) in [4.78, 5) is 4.26. The van der Waals surface area contributed by atoms with E-state index in [4.69, 9.17) is 9.47 Å². The molecule has 18 heavy (non-hydrogen) atoms. The van der Waals surface area contributed by atoms with Gasteiger partial charge in [0.1, 0.15) is 6.10 Å². The van der Waals surface area contributed by atoms with Crippen LogP contribution in [0.1, 0.15) is 12.5 Å². The van der Waals surface area contributed by atoms with Crippen LogP contribution in [0.5, 0.6) is 5.88 Å². The maximum absolute atomic E-state index is 9.29. The summed E-state index contributed by atoms with van der Waals surface area (Å²) in [6, 6.07) is 7.76. The van der Waals surface area contributed by atoms with Crippen LogP contribution in [0.25, 0.3) is 10.8 Å². The second kappa shape index (κ2) is 5.80. The van der Waals surface area contributed by atoms with Crippen LogP contribution in [0.3, 0.4) is 0 Å². The van der Waals surface area contributed by atoms with E-state index in [1.54, 1.807) is 13.3 Å². The first-order chi connectivity index (χ1) is 8.76. The Morgan fingerprint density at radius 2 is 2.00 bits per heavy atom. The lowest BCUT2D eigenvalue weighted by atomic mass is 10.1. The fraction of sp³-hybridized carbons (Fsp3) is 0.357. The zero-order chi connectivity index (χ0) is 13.0. The van der Waals surface area contributed by atoms with Crippen LogP contribution in [0, 0.1) is 0 Å². The summed E-state index contributed by atoms with van der Waals surface area (Å²) in [6.45, 7) is 2.42. The van der Waals surface area contributed by atoms with Crippen LogP contribution in [0.15, 0.2) is 30.5 Å². The van der Waals surface area contributed by atoms with Gasteiger partial charge in [0.2, 0.25) is 5.88 Å². The van der Waals surface area contributed by atoms with E-state index < -0.39 is 0 Å². The molecule has 1 N–H and O–H groups in total. The van der Waals surface area contributed by atoms with Crippen molar-refractivity contribution in [3.63, 3.8) is 0 Å². The van der Waals surface area contributed by atoms with E-state index in [2.05, 4.69) is 4.98 Å². The average molecular weight is 247 g/mol. The van der Waals surface area contributed by atoms with E-state index in [0.717, 1.165) is 16.3 Å². The monoisotopic (exact) mass is 247 g/mol. The Kier molecular flexibility index (Phi) is 4.12. The summed E-state index contributed by atoms with van der Waals surface area (Å²) in [6.07, 6.45) is 1.59. The molecule has 1 unspecified atom stereocenters. The second-order valence-electron chi connectivity index (χ2n) is 4.18. The Hall–Kier alpha value is -1.65. The van der Waals surface area contributed by atoms with Gasteiger partial charge in [-0.2, -0.15) is 0 Å². The third-order valence-corrected chi connectivity index (χ3v) is 2.73. The van der Waals surface area contributed by atoms with Crippen LogP contribution in [-0.2, 0) is 11.3 Å². The molecule has 0 amide bonds. The van der Waals surface area contributed by atoms with Gasteiger partial charge in [0, 0.05) is 24.3 Å². The molecule has 2 rings (SSSR count). The molecule has 1 aromatic carbocycles. The van der Waals surface area contributed by atoms with Crippen molar-refractivity contribution in [2.45, 2.75) is 19.6 Å². The molecule has 1 aromatic heterocycles. The molecular formula is C14H17NO3. The highest BCUT2D eigenvalue weighted by molar-refractivity contribution is 5.89. The lowest BCUT2D eigenvalue weighted by Gasteiger charge is -2.15. The van der Waals surface area contributed by atoms with E-state index in [1.165, 1.54) is 0 Å². The molecule has 1 atom stereocenters. The minimum Gasteiger partial charge on any atom is -0.472 e. The van der Waals surface area contributed by atoms with Gasteiger partial charge in [-0.3, -0.25) is 0 Å². The van der Waals surface area contributed by atoms with Crippen LogP contribution >= 0.6 is 0 Å². The molecule has 0 aliphatic heterocycles. The highest BCUT2D eigenvalue weighted by atomic mass is 16.5. The van der Waals surface area contributed by atoms with Gasteiger partial charge in [-0.15, -0.1) is 0 Å². The highest BCUT2D eigenvalue weighted by Crippen LogP contribution is 2.26. The van der Waals surface area contributed by atoms with Gasteiger partial charge in [0.05, 0.1) is 13.2 Å². The third-order valence-electron chi connectivity index (χ3n) is 2.73. The summed E-state index contributed by atoms with van der Waals surface area (Å²) in [7, 11) is 1.64. The number of pyridine rings is 1. The maximum Gasteiger partial charge on any atom is 0.221 e. The molecule has 1 heterocycles. The van der Waals surface area contributed by atoms with Crippen molar-refractivity contribution >= 4 is 10.8 Å². The summed E-state index contributed by atoms with van der Waals surface area (Å²) in [5, 5.41) is 11.2. The van der Waals surface area contributed by atoms with Gasteiger partial charge in [-0.1, -0.05) is 18.2 Å². The lowest BCUT2D eigenvalue weighted by Crippen LogP contribution is -2.18. The zero-order valence-electron chi connectivity index (χ0n) is 10.6. The highest BCUT2D eigenvalue weighted by Gasteiger charge is 2.10. The Balaban J connectivity index is 2.40. The number of hydrogen-bond donors (Lipinski definition) is 1. The predicted octanol–water partition coefficient (Wildman–Crippen LogP) is 2.14. The number of aliphatic hydroxyl groups is 1. The number of benzene rings is 1. The minimum absolute atomic E-state index is 0.0264. The average Bonchev–Trinajstić information content (AvgIpc) is 2.39. The number of ether oxygens (including phenoxy) is 2. The van der Waals surface area contributed by atoms with E-state index >= 15 is 0 Å². The predicted molar refractivity (Wildman–Crippen MR) is 69.6 cm³/mol. The number of rotatable bonds is 5. The van der Waals surface area contributed by atoms with Gasteiger partial charge in [0.25, 0.3) is 0 Å². The summed E-state index contributed by atoms with van der Waals surface area (Å²) in [5.74, 6) is 0.576. The van der Waals surface area contributed by atoms with E-state index in [9.17, 15) is 5.11 Å². The normalized spacial score (nSPS) is 12.6. The first kappa shape index (κ1) is 12.8. The van der Waals surface area contributed by atoms with Gasteiger partial charge >= 0.3 is 0 Å². The largest absolute Gasteiger partial charge is 0.472 e. The Bertz CT molecular complexity index is 527. The third kappa shape index (κ3) is 2.60. The van der Waals surface area contributed by atoms with Crippen LogP contribution in [0.2, 0.25) is 0 Å². The number of hydrogen-bond acceptors (Lipinski definition) is 4. The molecule has 0 bridgehead atoms. The molecule has 0 saturated carbocycles. The molecule has 4 nitrogen and oxygen atoms in total. The number of aromatic nitrogens is 1. The topological polar surface area (TPSA) is 51.6 Å². The first-order valence-electron chi connectivity index (χ1n) is 5.89. The fourth-order valence-corrected chi connectivity index (χ4v) is 1.90. The van der Waals surface area contributed by atoms with Crippen LogP contribution in [0.4, 0.5) is 0 Å². The molecule has 2 aromatic rings. The SMILES string of the molecule is COCC(C)Oc1ncc(CO)c2ccccc12. The smallest absolute Gasteiger partial charge is 0.221 e. The summed E-state index contributed by atoms with van der Waals surface area (Å²) in [5.41, 5.74) is 0.803. The number of fused-ring (bicyclic) bond motifs is 1. The molecule has 0 aliphatic rings. The van der Waals surface area contributed by atoms with Crippen molar-refractivity contribution in [2.24, 2.45) is 0 Å². The molecule has 0 radical (unpaired) electrons. The molecular weight excluding hydrogens is 230 g/mol. The van der Waals surface area contributed by atoms with Gasteiger partial charge in [0.15, 0.2) is 0 Å². The van der Waals surface area contributed by atoms with Gasteiger partial charge in [-0.25, -0.2) is 4.98 Å². The second-order valence-corrected chi connectivity index (χ2v) is 4.18. The van der Waals surface area contributed by atoms with E-state index in [0.29, 0.717) is 12.5 Å². The lowest BCUT2D eigenvalue weighted by molar-refractivity contribution is 0.0901. The summed E-state index contributed by atoms with van der Waals surface area (Å²) < 4.78 is 10.8. The maximum atomic E-state index is 9.29. The van der Waals surface area contributed by atoms with Crippen LogP contribution in [-0.4, -0.2) is 29.9 Å². The summed E-state index contributed by atoms with van der Waals surface area (Å²) >= 11 is 0. The molecule has 96 valence electrons. The first-order valence-corrected chi connectivity index (χ1v) is 5.89. The van der Waals surface area contributed by atoms with Crippen molar-refractivity contribution in [1.29, 1.82) is 0 Å². The van der Waals surface area contributed by atoms with E-state index in [-0.39, 0.29) is 12.7 Å². The van der Waals surface area contributed by atoms with Crippen molar-refractivity contribution in [2.75, 3.05) is 13.7 Å². The Labute approximate surface area is 106 Å². The van der Waals surface area contributed by atoms with E-state index in [1.807, 2.05) is 31.2 Å². The standard InChI is InChI=1S/C14H17NO3/c1-10(9-17-2)18-14-13-6-4-3-5-12(13)11(8-16)7-15-14/h3-7,10,16H,8-9H2,1-2H3. The van der Waals surface area contributed by atoms with Crippen molar-refractivity contribution < 1.29 is 14.6 Å². The fourth-order valence-electron chi connectivity index (χ4n) is 1.90.